The van der Waals surface area contributed by atoms with E-state index in [1.54, 1.807) is 18.3 Å². The molecular weight excluding hydrogens is 325 g/mol. The molecule has 2 nitrogen and oxygen atoms in total. The first-order valence-electron chi connectivity index (χ1n) is 10.1. The molecule has 0 bridgehead atoms. The molecule has 2 aliphatic rings. The monoisotopic (exact) mass is 353 g/mol. The molecule has 3 heteroatoms. The summed E-state index contributed by atoms with van der Waals surface area (Å²) in [7, 11) is 0. The smallest absolute Gasteiger partial charge is 0.131 e. The summed E-state index contributed by atoms with van der Waals surface area (Å²) in [5, 5.41) is 10.3. The number of aromatic nitrogens is 1. The lowest BCUT2D eigenvalue weighted by atomic mass is 9.63. The van der Waals surface area contributed by atoms with Crippen LogP contribution in [0.25, 0.3) is 11.1 Å². The number of pyridine rings is 1. The van der Waals surface area contributed by atoms with Crippen LogP contribution in [0.1, 0.15) is 50.6 Å². The fourth-order valence-electron chi connectivity index (χ4n) is 5.21. The van der Waals surface area contributed by atoms with E-state index in [1.807, 2.05) is 18.2 Å². The number of aryl methyl sites for hydroxylation is 1. The average Bonchev–Trinajstić information content (AvgIpc) is 2.67. The van der Waals surface area contributed by atoms with Crippen LogP contribution in [0, 0.1) is 23.6 Å². The maximum atomic E-state index is 13.9. The fourth-order valence-corrected chi connectivity index (χ4v) is 5.21. The molecule has 0 radical (unpaired) electrons. The molecule has 0 aliphatic heterocycles. The zero-order chi connectivity index (χ0) is 17.9. The van der Waals surface area contributed by atoms with E-state index < -0.39 is 0 Å². The highest BCUT2D eigenvalue weighted by Crippen LogP contribution is 2.45. The van der Waals surface area contributed by atoms with Crippen LogP contribution in [-0.2, 0) is 6.42 Å². The van der Waals surface area contributed by atoms with Gasteiger partial charge in [-0.3, -0.25) is 4.98 Å². The Labute approximate surface area is 155 Å². The minimum absolute atomic E-state index is 0.115. The van der Waals surface area contributed by atoms with Crippen molar-refractivity contribution in [3.8, 4) is 11.1 Å². The minimum atomic E-state index is -0.207. The van der Waals surface area contributed by atoms with Crippen molar-refractivity contribution in [3.63, 3.8) is 0 Å². The third kappa shape index (κ3) is 3.83. The molecule has 26 heavy (non-hydrogen) atoms. The van der Waals surface area contributed by atoms with Gasteiger partial charge in [-0.2, -0.15) is 0 Å². The Bertz CT molecular complexity index is 729. The van der Waals surface area contributed by atoms with Crippen molar-refractivity contribution in [3.05, 3.63) is 54.1 Å². The molecule has 2 fully saturated rings. The van der Waals surface area contributed by atoms with Gasteiger partial charge in [0.2, 0.25) is 0 Å². The van der Waals surface area contributed by atoms with Crippen molar-refractivity contribution in [2.75, 3.05) is 0 Å². The molecule has 1 N–H and O–H groups in total. The van der Waals surface area contributed by atoms with Crippen LogP contribution in [0.3, 0.4) is 0 Å². The summed E-state index contributed by atoms with van der Waals surface area (Å²) < 4.78 is 13.9. The standard InChI is InChI=1S/C23H28FNO/c24-23-8-4-3-7-22(23)18-10-12-19(25-15-18)11-9-17-14-20(26)13-16-5-1-2-6-21(16)17/h3-4,7-8,10,12,15-17,20-21,26H,1-2,5-6,9,11,13-14H2/t16-,17+,20-,21+/m0/s1. The molecule has 2 saturated carbocycles. The van der Waals surface area contributed by atoms with Gasteiger partial charge in [-0.05, 0) is 62.0 Å². The normalized spacial score (nSPS) is 28.5. The first-order chi connectivity index (χ1) is 12.7. The highest BCUT2D eigenvalue weighted by molar-refractivity contribution is 5.62. The lowest BCUT2D eigenvalue weighted by Crippen LogP contribution is -2.37. The number of hydrogen-bond acceptors (Lipinski definition) is 2. The first-order valence-corrected chi connectivity index (χ1v) is 10.1. The van der Waals surface area contributed by atoms with Gasteiger partial charge in [-0.1, -0.05) is 43.5 Å². The van der Waals surface area contributed by atoms with Crippen LogP contribution in [-0.4, -0.2) is 16.2 Å². The lowest BCUT2D eigenvalue weighted by molar-refractivity contribution is 0.00408. The summed E-state index contributed by atoms with van der Waals surface area (Å²) in [5.74, 6) is 1.94. The number of benzene rings is 1. The third-order valence-electron chi connectivity index (χ3n) is 6.50. The number of aliphatic hydroxyl groups is 1. The molecular formula is C23H28FNO. The number of hydrogen-bond donors (Lipinski definition) is 1. The molecule has 4 atom stereocenters. The largest absolute Gasteiger partial charge is 0.393 e. The van der Waals surface area contributed by atoms with Crippen LogP contribution in [0.2, 0.25) is 0 Å². The second kappa shape index (κ2) is 7.87. The molecule has 1 aromatic carbocycles. The molecule has 2 aromatic rings. The molecule has 1 heterocycles. The van der Waals surface area contributed by atoms with Crippen LogP contribution in [0.5, 0.6) is 0 Å². The van der Waals surface area contributed by atoms with Crippen molar-refractivity contribution in [1.29, 1.82) is 0 Å². The van der Waals surface area contributed by atoms with Crippen LogP contribution in [0.4, 0.5) is 4.39 Å². The summed E-state index contributed by atoms with van der Waals surface area (Å²) in [6.45, 7) is 0. The molecule has 0 saturated heterocycles. The number of fused-ring (bicyclic) bond motifs is 1. The van der Waals surface area contributed by atoms with Crippen molar-refractivity contribution >= 4 is 0 Å². The van der Waals surface area contributed by atoms with Crippen LogP contribution < -0.4 is 0 Å². The van der Waals surface area contributed by atoms with Gasteiger partial charge in [0, 0.05) is 23.0 Å². The second-order valence-electron chi connectivity index (χ2n) is 8.15. The van der Waals surface area contributed by atoms with Gasteiger partial charge in [0.15, 0.2) is 0 Å². The van der Waals surface area contributed by atoms with Gasteiger partial charge in [-0.15, -0.1) is 0 Å². The third-order valence-corrected chi connectivity index (χ3v) is 6.50. The van der Waals surface area contributed by atoms with Gasteiger partial charge in [-0.25, -0.2) is 4.39 Å². The SMILES string of the molecule is O[C@@H]1C[C@@H](CCc2ccc(-c3ccccc3F)cn2)[C@@H]2CCCC[C@H]2C1. The van der Waals surface area contributed by atoms with Crippen molar-refractivity contribution in [2.45, 2.75) is 57.5 Å². The number of nitrogens with zero attached hydrogens (tertiary/aromatic N) is 1. The molecule has 4 rings (SSSR count). The Morgan fingerprint density at radius 3 is 2.69 bits per heavy atom. The van der Waals surface area contributed by atoms with E-state index in [1.165, 1.54) is 31.7 Å². The maximum Gasteiger partial charge on any atom is 0.131 e. The summed E-state index contributed by atoms with van der Waals surface area (Å²) in [5.41, 5.74) is 2.50. The average molecular weight is 353 g/mol. The molecule has 1 aromatic heterocycles. The summed E-state index contributed by atoms with van der Waals surface area (Å²) in [6, 6.07) is 10.8. The van der Waals surface area contributed by atoms with Gasteiger partial charge >= 0.3 is 0 Å². The van der Waals surface area contributed by atoms with Crippen molar-refractivity contribution in [1.82, 2.24) is 4.98 Å². The maximum absolute atomic E-state index is 13.9. The van der Waals surface area contributed by atoms with E-state index in [0.717, 1.165) is 48.8 Å². The first kappa shape index (κ1) is 17.7. The zero-order valence-corrected chi connectivity index (χ0v) is 15.3. The minimum Gasteiger partial charge on any atom is -0.393 e. The van der Waals surface area contributed by atoms with Crippen molar-refractivity contribution < 1.29 is 9.50 Å². The Balaban J connectivity index is 1.40. The predicted octanol–water partition coefficient (Wildman–Crippen LogP) is 5.40. The predicted molar refractivity (Wildman–Crippen MR) is 102 cm³/mol. The quantitative estimate of drug-likeness (QED) is 0.798. The number of rotatable bonds is 4. The van der Waals surface area contributed by atoms with Crippen molar-refractivity contribution in [2.24, 2.45) is 17.8 Å². The van der Waals surface area contributed by atoms with E-state index in [2.05, 4.69) is 4.98 Å². The molecule has 0 spiro atoms. The van der Waals surface area contributed by atoms with E-state index >= 15 is 0 Å². The molecule has 0 amide bonds. The Kier molecular flexibility index (Phi) is 5.35. The Hall–Kier alpha value is -1.74. The van der Waals surface area contributed by atoms with E-state index in [4.69, 9.17) is 0 Å². The molecule has 0 unspecified atom stereocenters. The summed E-state index contributed by atoms with van der Waals surface area (Å²) in [4.78, 5) is 4.57. The van der Waals surface area contributed by atoms with Gasteiger partial charge < -0.3 is 5.11 Å². The number of halogens is 1. The van der Waals surface area contributed by atoms with E-state index in [0.29, 0.717) is 11.5 Å². The van der Waals surface area contributed by atoms with Gasteiger partial charge in [0.25, 0.3) is 0 Å². The van der Waals surface area contributed by atoms with Crippen LogP contribution in [0.15, 0.2) is 42.6 Å². The fraction of sp³-hybridized carbons (Fsp3) is 0.522. The highest BCUT2D eigenvalue weighted by Gasteiger charge is 2.37. The molecule has 138 valence electrons. The zero-order valence-electron chi connectivity index (χ0n) is 15.3. The Morgan fingerprint density at radius 2 is 1.88 bits per heavy atom. The topological polar surface area (TPSA) is 33.1 Å². The van der Waals surface area contributed by atoms with Crippen LogP contribution >= 0.6 is 0 Å². The van der Waals surface area contributed by atoms with E-state index in [9.17, 15) is 9.50 Å². The second-order valence-corrected chi connectivity index (χ2v) is 8.15. The Morgan fingerprint density at radius 1 is 1.04 bits per heavy atom. The highest BCUT2D eigenvalue weighted by atomic mass is 19.1. The van der Waals surface area contributed by atoms with Gasteiger partial charge in [0.1, 0.15) is 5.82 Å². The van der Waals surface area contributed by atoms with E-state index in [-0.39, 0.29) is 11.9 Å². The number of aliphatic hydroxyl groups excluding tert-OH is 1. The summed E-state index contributed by atoms with van der Waals surface area (Å²) in [6.07, 6.45) is 11.0. The van der Waals surface area contributed by atoms with Gasteiger partial charge in [0.05, 0.1) is 6.10 Å². The molecule has 2 aliphatic carbocycles. The lowest BCUT2D eigenvalue weighted by Gasteiger charge is -2.43. The summed E-state index contributed by atoms with van der Waals surface area (Å²) >= 11 is 0.